The molecular formula is C19H26N2O6S. The zero-order chi connectivity index (χ0) is 20.7. The molecule has 0 aromatic heterocycles. The second-order valence-electron chi connectivity index (χ2n) is 7.78. The van der Waals surface area contributed by atoms with E-state index >= 15 is 0 Å². The molecule has 3 rings (SSSR count). The van der Waals surface area contributed by atoms with Crippen molar-refractivity contribution < 1.29 is 29.2 Å². The molecule has 2 aromatic carbocycles. The Bertz CT molecular complexity index is 901. The van der Waals surface area contributed by atoms with Crippen molar-refractivity contribution in [2.75, 3.05) is 10.8 Å². The van der Waals surface area contributed by atoms with E-state index in [0.717, 1.165) is 27.1 Å². The van der Waals surface area contributed by atoms with Gasteiger partial charge in [-0.25, -0.2) is 0 Å². The molecule has 9 heteroatoms. The Morgan fingerprint density at radius 1 is 1.25 bits per heavy atom. The fourth-order valence-electron chi connectivity index (χ4n) is 3.30. The summed E-state index contributed by atoms with van der Waals surface area (Å²) < 4.78 is 23.7. The number of aliphatic hydroxyl groups is 1. The van der Waals surface area contributed by atoms with E-state index in [0.29, 0.717) is 12.8 Å². The van der Waals surface area contributed by atoms with E-state index in [2.05, 4.69) is 4.72 Å². The Balaban J connectivity index is 1.83. The molecular weight excluding hydrogens is 384 g/mol. The van der Waals surface area contributed by atoms with E-state index < -0.39 is 28.6 Å². The summed E-state index contributed by atoms with van der Waals surface area (Å²) in [4.78, 5) is 11.2. The number of hydrogen-bond acceptors (Lipinski definition) is 7. The lowest BCUT2D eigenvalue weighted by atomic mass is 9.86. The lowest BCUT2D eigenvalue weighted by Gasteiger charge is -2.37. The number of phenolic OH excluding ortho intramolecular Hbond substituents is 1. The number of aliphatic hydroxyl groups excluding tert-OH is 1. The smallest absolute Gasteiger partial charge is 0.309 e. The normalized spacial score (nSPS) is 20.5. The number of carboxylic acid groups (broad SMARTS) is 1. The Morgan fingerprint density at radius 2 is 1.96 bits per heavy atom. The van der Waals surface area contributed by atoms with Crippen LogP contribution in [-0.2, 0) is 11.2 Å². The number of aryl methyl sites for hydroxylation is 1. The number of phenols is 1. The number of aromatic hydroxyl groups is 1. The molecule has 0 spiro atoms. The molecule has 0 radical (unpaired) electrons. The van der Waals surface area contributed by atoms with Crippen molar-refractivity contribution in [2.45, 2.75) is 39.3 Å². The number of anilines is 1. The summed E-state index contributed by atoms with van der Waals surface area (Å²) >= 11 is 0. The van der Waals surface area contributed by atoms with Crippen LogP contribution in [-0.4, -0.2) is 43.2 Å². The molecule has 1 atom stereocenters. The zero-order valence-corrected chi connectivity index (χ0v) is 16.6. The van der Waals surface area contributed by atoms with Crippen LogP contribution < -0.4 is 9.03 Å². The molecule has 0 bridgehead atoms. The predicted octanol–water partition coefficient (Wildman–Crippen LogP) is 3.29. The van der Waals surface area contributed by atoms with Gasteiger partial charge in [0.05, 0.1) is 12.0 Å². The highest BCUT2D eigenvalue weighted by atomic mass is 32.3. The zero-order valence-electron chi connectivity index (χ0n) is 15.8. The number of fused-ring (bicyclic) bond motifs is 1. The number of nitrogens with zero attached hydrogens (tertiary/aromatic N) is 1. The molecule has 2 aromatic rings. The average molecular weight is 410 g/mol. The van der Waals surface area contributed by atoms with Crippen molar-refractivity contribution in [3.63, 3.8) is 0 Å². The Morgan fingerprint density at radius 3 is 2.57 bits per heavy atom. The predicted molar refractivity (Wildman–Crippen MR) is 109 cm³/mol. The molecule has 154 valence electrons. The third kappa shape index (κ3) is 4.18. The first-order valence-corrected chi connectivity index (χ1v) is 10.5. The molecule has 1 fully saturated rings. The van der Waals surface area contributed by atoms with Gasteiger partial charge in [-0.3, -0.25) is 18.2 Å². The number of aliphatic carboxylic acids is 1. The minimum Gasteiger partial charge on any atom is -0.506 e. The maximum absolute atomic E-state index is 11.2. The molecule has 1 aliphatic heterocycles. The topological polar surface area (TPSA) is 133 Å². The first kappa shape index (κ1) is 20.7. The van der Waals surface area contributed by atoms with E-state index in [1.807, 2.05) is 18.2 Å². The number of nitrogens with one attached hydrogen (secondary N) is 1. The molecule has 1 heterocycles. The third-order valence-electron chi connectivity index (χ3n) is 5.05. The van der Waals surface area contributed by atoms with Crippen molar-refractivity contribution in [1.82, 2.24) is 4.72 Å². The maximum Gasteiger partial charge on any atom is 0.309 e. The lowest BCUT2D eigenvalue weighted by molar-refractivity contribution is -0.147. The fourth-order valence-corrected chi connectivity index (χ4v) is 4.64. The second-order valence-corrected chi connectivity index (χ2v) is 9.49. The number of carbonyl (C=O) groups is 1. The van der Waals surface area contributed by atoms with Gasteiger partial charge in [0.15, 0.2) is 0 Å². The van der Waals surface area contributed by atoms with Crippen LogP contribution in [0.4, 0.5) is 5.69 Å². The largest absolute Gasteiger partial charge is 0.506 e. The van der Waals surface area contributed by atoms with Gasteiger partial charge < -0.3 is 15.3 Å². The van der Waals surface area contributed by atoms with E-state index in [1.165, 1.54) is 0 Å². The van der Waals surface area contributed by atoms with Crippen molar-refractivity contribution in [2.24, 2.45) is 5.41 Å². The van der Waals surface area contributed by atoms with Crippen molar-refractivity contribution >= 4 is 33.4 Å². The lowest BCUT2D eigenvalue weighted by Crippen LogP contribution is -2.25. The quantitative estimate of drug-likeness (QED) is 0.427. The van der Waals surface area contributed by atoms with Crippen LogP contribution in [0.1, 0.15) is 32.3 Å². The van der Waals surface area contributed by atoms with Gasteiger partial charge in [0.1, 0.15) is 17.7 Å². The van der Waals surface area contributed by atoms with E-state index in [1.54, 1.807) is 26.0 Å². The summed E-state index contributed by atoms with van der Waals surface area (Å²) in [5, 5.41) is 30.8. The van der Waals surface area contributed by atoms with Gasteiger partial charge in [0.25, 0.3) is 0 Å². The number of benzene rings is 2. The van der Waals surface area contributed by atoms with Gasteiger partial charge in [0, 0.05) is 0 Å². The average Bonchev–Trinajstić information content (AvgIpc) is 2.86. The molecule has 1 unspecified atom stereocenters. The summed E-state index contributed by atoms with van der Waals surface area (Å²) in [7, 11) is -3.41. The minimum absolute atomic E-state index is 0.0641. The van der Waals surface area contributed by atoms with Crippen LogP contribution in [0.5, 0.6) is 5.75 Å². The van der Waals surface area contributed by atoms with Gasteiger partial charge in [-0.05, 0) is 61.6 Å². The van der Waals surface area contributed by atoms with Gasteiger partial charge in [-0.1, -0.05) is 29.2 Å². The highest BCUT2D eigenvalue weighted by molar-refractivity contribution is 8.24. The molecule has 1 saturated heterocycles. The van der Waals surface area contributed by atoms with Crippen LogP contribution in [0, 0.1) is 5.41 Å². The van der Waals surface area contributed by atoms with Gasteiger partial charge in [-0.15, -0.1) is 0 Å². The molecule has 0 saturated carbocycles. The van der Waals surface area contributed by atoms with Crippen molar-refractivity contribution in [3.05, 3.63) is 35.9 Å². The van der Waals surface area contributed by atoms with Crippen LogP contribution in [0.3, 0.4) is 0 Å². The van der Waals surface area contributed by atoms with E-state index in [-0.39, 0.29) is 18.0 Å². The molecule has 0 aliphatic carbocycles. The second kappa shape index (κ2) is 7.41. The number of β-amino-alcohol motifs (C(OH)–C–C–N with tert-alkyl or cyclic N) is 1. The standard InChI is InChI=1S/C19H26N2O6S/c1-19(2,18(24)25)7-3-4-12-5-6-13-10-16(22)15(9-14(13)8-12)21-11-17(23)20-28(21,26)27/h5-6,8-10,17,20,22-23,26-27H,3-4,7,11H2,1-2H3,(H,24,25). The highest BCUT2D eigenvalue weighted by Crippen LogP contribution is 2.50. The van der Waals surface area contributed by atoms with Gasteiger partial charge in [-0.2, -0.15) is 4.72 Å². The number of carboxylic acids is 1. The van der Waals surface area contributed by atoms with Crippen LogP contribution >= 0.6 is 11.0 Å². The molecule has 0 amide bonds. The minimum atomic E-state index is -3.41. The summed E-state index contributed by atoms with van der Waals surface area (Å²) in [6.45, 7) is 3.36. The van der Waals surface area contributed by atoms with Crippen molar-refractivity contribution in [1.29, 1.82) is 0 Å². The van der Waals surface area contributed by atoms with Crippen molar-refractivity contribution in [3.8, 4) is 5.75 Å². The summed E-state index contributed by atoms with van der Waals surface area (Å²) in [5.41, 5.74) is 0.477. The summed E-state index contributed by atoms with van der Waals surface area (Å²) in [6, 6.07) is 8.94. The number of hydrogen-bond donors (Lipinski definition) is 6. The highest BCUT2D eigenvalue weighted by Gasteiger charge is 2.36. The maximum atomic E-state index is 11.2. The van der Waals surface area contributed by atoms with Gasteiger partial charge in [0.2, 0.25) is 0 Å². The Hall–Kier alpha value is -2.04. The third-order valence-corrected chi connectivity index (χ3v) is 6.60. The SMILES string of the molecule is CC(C)(CCCc1ccc2cc(O)c(N3CC(O)NS3(O)O)cc2c1)C(=O)O. The first-order chi connectivity index (χ1) is 13.0. The first-order valence-electron chi connectivity index (χ1n) is 9.00. The van der Waals surface area contributed by atoms with E-state index in [9.17, 15) is 29.2 Å². The fraction of sp³-hybridized carbons (Fsp3) is 0.421. The molecule has 6 N–H and O–H groups in total. The monoisotopic (exact) mass is 410 g/mol. The van der Waals surface area contributed by atoms with Gasteiger partial charge >= 0.3 is 5.97 Å². The molecule has 8 nitrogen and oxygen atoms in total. The Labute approximate surface area is 165 Å². The Kier molecular flexibility index (Phi) is 5.48. The summed E-state index contributed by atoms with van der Waals surface area (Å²) in [6.07, 6.45) is 0.879. The number of rotatable bonds is 6. The van der Waals surface area contributed by atoms with Crippen LogP contribution in [0.25, 0.3) is 10.8 Å². The molecule has 1 aliphatic rings. The molecule has 28 heavy (non-hydrogen) atoms. The van der Waals surface area contributed by atoms with Crippen LogP contribution in [0.15, 0.2) is 30.3 Å². The van der Waals surface area contributed by atoms with Crippen LogP contribution in [0.2, 0.25) is 0 Å². The van der Waals surface area contributed by atoms with E-state index in [4.69, 9.17) is 0 Å². The summed E-state index contributed by atoms with van der Waals surface area (Å²) in [5.74, 6) is -0.925.